The molecule has 2 aromatic carbocycles. The van der Waals surface area contributed by atoms with E-state index in [-0.39, 0.29) is 0 Å². The topological polar surface area (TPSA) is 21.1 Å². The second-order valence-corrected chi connectivity index (χ2v) is 7.12. The fraction of sp³-hybridized carbons (Fsp3) is 0.381. The van der Waals surface area contributed by atoms with Gasteiger partial charge in [-0.3, -0.25) is 4.90 Å². The SMILES string of the molecule is c1ccc(-c2ccc3nc4n(c3c2)CCN(C2CCC2)CC4)cc1. The molecule has 0 unspecified atom stereocenters. The Morgan fingerprint density at radius 3 is 2.54 bits per heavy atom. The second kappa shape index (κ2) is 5.75. The summed E-state index contributed by atoms with van der Waals surface area (Å²) in [5.74, 6) is 1.26. The maximum absolute atomic E-state index is 4.92. The van der Waals surface area contributed by atoms with Gasteiger partial charge in [0.15, 0.2) is 0 Å². The van der Waals surface area contributed by atoms with Gasteiger partial charge < -0.3 is 4.57 Å². The van der Waals surface area contributed by atoms with E-state index in [4.69, 9.17) is 4.98 Å². The molecule has 2 heterocycles. The van der Waals surface area contributed by atoms with E-state index in [2.05, 4.69) is 58.0 Å². The lowest BCUT2D eigenvalue weighted by molar-refractivity contribution is 0.130. The van der Waals surface area contributed by atoms with E-state index in [1.807, 2.05) is 0 Å². The van der Waals surface area contributed by atoms with Crippen molar-refractivity contribution < 1.29 is 0 Å². The first-order valence-electron chi connectivity index (χ1n) is 9.17. The molecule has 1 saturated carbocycles. The van der Waals surface area contributed by atoms with Crippen LogP contribution in [0, 0.1) is 0 Å². The predicted molar refractivity (Wildman–Crippen MR) is 98.1 cm³/mol. The van der Waals surface area contributed by atoms with Crippen molar-refractivity contribution in [3.8, 4) is 11.1 Å². The lowest BCUT2D eigenvalue weighted by Gasteiger charge is -2.36. The van der Waals surface area contributed by atoms with E-state index in [9.17, 15) is 0 Å². The molecule has 2 aliphatic rings. The maximum Gasteiger partial charge on any atom is 0.111 e. The Morgan fingerprint density at radius 1 is 0.875 bits per heavy atom. The molecule has 5 rings (SSSR count). The van der Waals surface area contributed by atoms with Crippen LogP contribution in [0.5, 0.6) is 0 Å². The van der Waals surface area contributed by atoms with Crippen molar-refractivity contribution in [3.63, 3.8) is 0 Å². The third-order valence-corrected chi connectivity index (χ3v) is 5.76. The summed E-state index contributed by atoms with van der Waals surface area (Å²) < 4.78 is 2.46. The van der Waals surface area contributed by atoms with Gasteiger partial charge in [-0.2, -0.15) is 0 Å². The lowest BCUT2D eigenvalue weighted by atomic mass is 9.91. The normalized spacial score (nSPS) is 19.0. The van der Waals surface area contributed by atoms with Crippen LogP contribution in [0.25, 0.3) is 22.2 Å². The van der Waals surface area contributed by atoms with Gasteiger partial charge in [0.05, 0.1) is 11.0 Å². The van der Waals surface area contributed by atoms with E-state index in [1.165, 1.54) is 54.8 Å². The summed E-state index contributed by atoms with van der Waals surface area (Å²) in [4.78, 5) is 7.61. The van der Waals surface area contributed by atoms with Gasteiger partial charge in [0.1, 0.15) is 5.82 Å². The Labute approximate surface area is 142 Å². The first-order chi connectivity index (χ1) is 11.9. The summed E-state index contributed by atoms with van der Waals surface area (Å²) >= 11 is 0. The molecule has 3 heteroatoms. The van der Waals surface area contributed by atoms with Gasteiger partial charge in [0, 0.05) is 32.1 Å². The Morgan fingerprint density at radius 2 is 1.75 bits per heavy atom. The van der Waals surface area contributed by atoms with Crippen LogP contribution in [0.1, 0.15) is 25.1 Å². The summed E-state index contributed by atoms with van der Waals surface area (Å²) in [7, 11) is 0. The van der Waals surface area contributed by atoms with Gasteiger partial charge in [0.25, 0.3) is 0 Å². The van der Waals surface area contributed by atoms with Crippen LogP contribution in [0.2, 0.25) is 0 Å². The highest BCUT2D eigenvalue weighted by Crippen LogP contribution is 2.29. The number of aromatic nitrogens is 2. The third-order valence-electron chi connectivity index (χ3n) is 5.76. The third kappa shape index (κ3) is 2.35. The molecule has 3 aromatic rings. The van der Waals surface area contributed by atoms with Crippen LogP contribution in [0.4, 0.5) is 0 Å². The molecule has 0 radical (unpaired) electrons. The minimum atomic E-state index is 0.834. The molecular formula is C21H23N3. The monoisotopic (exact) mass is 317 g/mol. The highest BCUT2D eigenvalue weighted by atomic mass is 15.2. The average molecular weight is 317 g/mol. The van der Waals surface area contributed by atoms with E-state index < -0.39 is 0 Å². The highest BCUT2D eigenvalue weighted by Gasteiger charge is 2.27. The maximum atomic E-state index is 4.92. The number of hydrogen-bond donors (Lipinski definition) is 0. The molecule has 1 aliphatic carbocycles. The van der Waals surface area contributed by atoms with E-state index in [0.29, 0.717) is 0 Å². The van der Waals surface area contributed by atoms with E-state index >= 15 is 0 Å². The van der Waals surface area contributed by atoms with E-state index in [0.717, 1.165) is 24.5 Å². The number of benzene rings is 2. The van der Waals surface area contributed by atoms with Gasteiger partial charge >= 0.3 is 0 Å². The van der Waals surface area contributed by atoms with Crippen LogP contribution in [-0.4, -0.2) is 33.6 Å². The van der Waals surface area contributed by atoms with Crippen molar-refractivity contribution in [1.82, 2.24) is 14.5 Å². The zero-order valence-corrected chi connectivity index (χ0v) is 14.0. The minimum absolute atomic E-state index is 0.834. The molecule has 24 heavy (non-hydrogen) atoms. The molecule has 122 valence electrons. The largest absolute Gasteiger partial charge is 0.327 e. The van der Waals surface area contributed by atoms with Crippen LogP contribution < -0.4 is 0 Å². The summed E-state index contributed by atoms with van der Waals surface area (Å²) in [5.41, 5.74) is 4.99. The van der Waals surface area contributed by atoms with Crippen molar-refractivity contribution in [2.45, 2.75) is 38.3 Å². The quantitative estimate of drug-likeness (QED) is 0.709. The van der Waals surface area contributed by atoms with Crippen LogP contribution in [0.3, 0.4) is 0 Å². The Balaban J connectivity index is 1.51. The van der Waals surface area contributed by atoms with Crippen molar-refractivity contribution in [2.75, 3.05) is 13.1 Å². The molecule has 0 atom stereocenters. The van der Waals surface area contributed by atoms with Crippen LogP contribution >= 0.6 is 0 Å². The number of fused-ring (bicyclic) bond motifs is 3. The fourth-order valence-corrected chi connectivity index (χ4v) is 4.12. The minimum Gasteiger partial charge on any atom is -0.327 e. The predicted octanol–water partition coefficient (Wildman–Crippen LogP) is 4.11. The van der Waals surface area contributed by atoms with Gasteiger partial charge in [-0.15, -0.1) is 0 Å². The first kappa shape index (κ1) is 14.2. The molecule has 3 nitrogen and oxygen atoms in total. The van der Waals surface area contributed by atoms with Crippen molar-refractivity contribution in [3.05, 3.63) is 54.4 Å². The summed E-state index contributed by atoms with van der Waals surface area (Å²) in [5, 5.41) is 0. The number of imidazole rings is 1. The fourth-order valence-electron chi connectivity index (χ4n) is 4.12. The Bertz CT molecular complexity index is 861. The lowest BCUT2D eigenvalue weighted by Crippen LogP contribution is -2.41. The van der Waals surface area contributed by atoms with Gasteiger partial charge in [-0.05, 0) is 36.1 Å². The molecule has 1 aromatic heterocycles. The van der Waals surface area contributed by atoms with Gasteiger partial charge in [0.2, 0.25) is 0 Å². The zero-order valence-electron chi connectivity index (χ0n) is 14.0. The van der Waals surface area contributed by atoms with Crippen LogP contribution in [0.15, 0.2) is 48.5 Å². The summed E-state index contributed by atoms with van der Waals surface area (Å²) in [6, 6.07) is 18.2. The molecule has 0 saturated heterocycles. The first-order valence-corrected chi connectivity index (χ1v) is 9.17. The molecule has 0 bridgehead atoms. The Hall–Kier alpha value is -2.13. The summed E-state index contributed by atoms with van der Waals surface area (Å²) in [6.07, 6.45) is 5.27. The zero-order chi connectivity index (χ0) is 15.9. The van der Waals surface area contributed by atoms with Crippen LogP contribution in [-0.2, 0) is 13.0 Å². The van der Waals surface area contributed by atoms with Crippen molar-refractivity contribution >= 4 is 11.0 Å². The molecular weight excluding hydrogens is 294 g/mol. The molecule has 0 spiro atoms. The summed E-state index contributed by atoms with van der Waals surface area (Å²) in [6.45, 7) is 3.40. The van der Waals surface area contributed by atoms with Crippen molar-refractivity contribution in [1.29, 1.82) is 0 Å². The van der Waals surface area contributed by atoms with E-state index in [1.54, 1.807) is 0 Å². The molecule has 1 fully saturated rings. The number of rotatable bonds is 2. The standard InChI is InChI=1S/C21H23N3/c1-2-5-16(6-3-1)17-9-10-19-20(15-17)24-14-13-23(18-7-4-8-18)12-11-21(24)22-19/h1-3,5-6,9-10,15,18H,4,7-8,11-14H2. The number of hydrogen-bond acceptors (Lipinski definition) is 2. The highest BCUT2D eigenvalue weighted by molar-refractivity contribution is 5.82. The molecule has 0 amide bonds. The van der Waals surface area contributed by atoms with Crippen molar-refractivity contribution in [2.24, 2.45) is 0 Å². The average Bonchev–Trinajstić information content (AvgIpc) is 2.80. The van der Waals surface area contributed by atoms with Gasteiger partial charge in [-0.25, -0.2) is 4.98 Å². The second-order valence-electron chi connectivity index (χ2n) is 7.12. The Kier molecular flexibility index (Phi) is 3.41. The number of nitrogens with zero attached hydrogens (tertiary/aromatic N) is 3. The molecule has 0 N–H and O–H groups in total. The molecule has 1 aliphatic heterocycles. The van der Waals surface area contributed by atoms with Gasteiger partial charge in [-0.1, -0.05) is 42.8 Å². The smallest absolute Gasteiger partial charge is 0.111 e.